The maximum absolute atomic E-state index is 12.8. The van der Waals surface area contributed by atoms with Crippen molar-refractivity contribution < 1.29 is 9.53 Å². The van der Waals surface area contributed by atoms with Crippen molar-refractivity contribution in [2.24, 2.45) is 0 Å². The molecule has 0 unspecified atom stereocenters. The molecular weight excluding hydrogens is 356 g/mol. The molecule has 1 amide bonds. The van der Waals surface area contributed by atoms with E-state index in [1.807, 2.05) is 52.7 Å². The van der Waals surface area contributed by atoms with Crippen LogP contribution >= 0.6 is 11.3 Å². The van der Waals surface area contributed by atoms with Gasteiger partial charge in [0.05, 0.1) is 12.1 Å². The second-order valence-corrected chi connectivity index (χ2v) is 7.73. The van der Waals surface area contributed by atoms with Crippen molar-refractivity contribution in [3.63, 3.8) is 0 Å². The fourth-order valence-corrected chi connectivity index (χ4v) is 4.02. The highest BCUT2D eigenvalue weighted by molar-refractivity contribution is 7.09. The second kappa shape index (κ2) is 7.92. The number of rotatable bonds is 5. The Bertz CT molecular complexity index is 933. The SMILES string of the molecule is Cc1ccc(OCc2nc(CC(=O)N3CCCc4ccccc43)cs2)cc1. The molecule has 1 aliphatic rings. The van der Waals surface area contributed by atoms with Crippen molar-refractivity contribution in [1.82, 2.24) is 4.98 Å². The molecule has 0 radical (unpaired) electrons. The standard InChI is InChI=1S/C22H22N2O2S/c1-16-8-10-19(11-9-16)26-14-21-23-18(15-27-21)13-22(25)24-12-4-6-17-5-2-3-7-20(17)24/h2-3,5,7-11,15H,4,6,12-14H2,1H3. The molecule has 0 fully saturated rings. The maximum atomic E-state index is 12.8. The van der Waals surface area contributed by atoms with Gasteiger partial charge in [-0.1, -0.05) is 35.9 Å². The van der Waals surface area contributed by atoms with Crippen molar-refractivity contribution in [1.29, 1.82) is 0 Å². The number of hydrogen-bond acceptors (Lipinski definition) is 4. The number of benzene rings is 2. The minimum atomic E-state index is 0.110. The van der Waals surface area contributed by atoms with E-state index in [4.69, 9.17) is 4.74 Å². The number of nitrogens with zero attached hydrogens (tertiary/aromatic N) is 2. The van der Waals surface area contributed by atoms with Crippen LogP contribution in [0.3, 0.4) is 0 Å². The minimum absolute atomic E-state index is 0.110. The van der Waals surface area contributed by atoms with E-state index in [1.54, 1.807) is 0 Å². The maximum Gasteiger partial charge on any atom is 0.233 e. The molecule has 4 nitrogen and oxygen atoms in total. The topological polar surface area (TPSA) is 42.4 Å². The summed E-state index contributed by atoms with van der Waals surface area (Å²) in [5.74, 6) is 0.941. The lowest BCUT2D eigenvalue weighted by atomic mass is 10.0. The molecule has 2 aromatic carbocycles. The fraction of sp³-hybridized carbons (Fsp3) is 0.273. The number of aryl methyl sites for hydroxylation is 2. The third-order valence-corrected chi connectivity index (χ3v) is 5.60. The van der Waals surface area contributed by atoms with E-state index in [0.29, 0.717) is 13.0 Å². The monoisotopic (exact) mass is 378 g/mol. The van der Waals surface area contributed by atoms with E-state index in [2.05, 4.69) is 18.0 Å². The normalized spacial score (nSPS) is 13.3. The number of anilines is 1. The molecule has 0 N–H and O–H groups in total. The largest absolute Gasteiger partial charge is 0.486 e. The summed E-state index contributed by atoms with van der Waals surface area (Å²) < 4.78 is 5.78. The number of aromatic nitrogens is 1. The quantitative estimate of drug-likeness (QED) is 0.654. The summed E-state index contributed by atoms with van der Waals surface area (Å²) in [7, 11) is 0. The molecule has 5 heteroatoms. The molecular formula is C22H22N2O2S. The van der Waals surface area contributed by atoms with Gasteiger partial charge in [0.15, 0.2) is 0 Å². The van der Waals surface area contributed by atoms with E-state index in [1.165, 1.54) is 22.5 Å². The van der Waals surface area contributed by atoms with Crippen molar-refractivity contribution in [3.05, 3.63) is 75.7 Å². The Morgan fingerprint density at radius 3 is 2.85 bits per heavy atom. The lowest BCUT2D eigenvalue weighted by Crippen LogP contribution is -2.36. The van der Waals surface area contributed by atoms with E-state index in [0.717, 1.165) is 41.5 Å². The van der Waals surface area contributed by atoms with Gasteiger partial charge in [0.1, 0.15) is 17.4 Å². The van der Waals surface area contributed by atoms with Crippen LogP contribution < -0.4 is 9.64 Å². The Balaban J connectivity index is 1.38. The molecule has 4 rings (SSSR count). The van der Waals surface area contributed by atoms with Crippen molar-refractivity contribution >= 4 is 22.9 Å². The van der Waals surface area contributed by atoms with Crippen molar-refractivity contribution in [2.45, 2.75) is 32.8 Å². The molecule has 0 saturated heterocycles. The van der Waals surface area contributed by atoms with E-state index in [9.17, 15) is 4.79 Å². The molecule has 27 heavy (non-hydrogen) atoms. The average Bonchev–Trinajstić information content (AvgIpc) is 3.14. The Kier molecular flexibility index (Phi) is 5.21. The number of carbonyl (C=O) groups is 1. The van der Waals surface area contributed by atoms with Crippen LogP contribution in [0.2, 0.25) is 0 Å². The van der Waals surface area contributed by atoms with Gasteiger partial charge >= 0.3 is 0 Å². The smallest absolute Gasteiger partial charge is 0.233 e. The van der Waals surface area contributed by atoms with Crippen LogP contribution in [0, 0.1) is 6.92 Å². The number of thiazole rings is 1. The van der Waals surface area contributed by atoms with Crippen LogP contribution in [0.1, 0.15) is 28.2 Å². The van der Waals surface area contributed by atoms with Gasteiger partial charge in [-0.2, -0.15) is 0 Å². The Labute approximate surface area is 163 Å². The minimum Gasteiger partial charge on any atom is -0.486 e. The average molecular weight is 378 g/mol. The molecule has 0 bridgehead atoms. The molecule has 2 heterocycles. The number of hydrogen-bond donors (Lipinski definition) is 0. The second-order valence-electron chi connectivity index (χ2n) is 6.79. The van der Waals surface area contributed by atoms with Crippen molar-refractivity contribution in [3.8, 4) is 5.75 Å². The third-order valence-electron chi connectivity index (χ3n) is 4.73. The van der Waals surface area contributed by atoms with Crippen LogP contribution in [-0.4, -0.2) is 17.4 Å². The number of fused-ring (bicyclic) bond motifs is 1. The summed E-state index contributed by atoms with van der Waals surface area (Å²) >= 11 is 1.54. The van der Waals surface area contributed by atoms with E-state index < -0.39 is 0 Å². The summed E-state index contributed by atoms with van der Waals surface area (Å²) in [6.07, 6.45) is 2.38. The zero-order chi connectivity index (χ0) is 18.6. The molecule has 0 aliphatic carbocycles. The predicted octanol–water partition coefficient (Wildman–Crippen LogP) is 4.55. The summed E-state index contributed by atoms with van der Waals surface area (Å²) in [6, 6.07) is 16.1. The lowest BCUT2D eigenvalue weighted by Gasteiger charge is -2.29. The first kappa shape index (κ1) is 17.7. The summed E-state index contributed by atoms with van der Waals surface area (Å²) in [5, 5.41) is 2.85. The first-order valence-electron chi connectivity index (χ1n) is 9.20. The van der Waals surface area contributed by atoms with Gasteiger partial charge in [-0.3, -0.25) is 4.79 Å². The van der Waals surface area contributed by atoms with Gasteiger partial charge in [-0.05, 0) is 43.5 Å². The molecule has 1 aliphatic heterocycles. The van der Waals surface area contributed by atoms with E-state index >= 15 is 0 Å². The first-order valence-corrected chi connectivity index (χ1v) is 10.1. The van der Waals surface area contributed by atoms with Gasteiger partial charge in [-0.15, -0.1) is 11.3 Å². The zero-order valence-electron chi connectivity index (χ0n) is 15.4. The first-order chi connectivity index (χ1) is 13.2. The van der Waals surface area contributed by atoms with E-state index in [-0.39, 0.29) is 5.91 Å². The van der Waals surface area contributed by atoms with Gasteiger partial charge < -0.3 is 9.64 Å². The van der Waals surface area contributed by atoms with Crippen LogP contribution in [0.25, 0.3) is 0 Å². The fourth-order valence-electron chi connectivity index (χ4n) is 3.32. The Hall–Kier alpha value is -2.66. The van der Waals surface area contributed by atoms with Crippen LogP contribution in [0.15, 0.2) is 53.9 Å². The Morgan fingerprint density at radius 1 is 1.19 bits per heavy atom. The highest BCUT2D eigenvalue weighted by Crippen LogP contribution is 2.27. The van der Waals surface area contributed by atoms with Gasteiger partial charge in [-0.25, -0.2) is 4.98 Å². The summed E-state index contributed by atoms with van der Waals surface area (Å²) in [6.45, 7) is 3.26. The van der Waals surface area contributed by atoms with Crippen LogP contribution in [0.5, 0.6) is 5.75 Å². The number of carbonyl (C=O) groups excluding carboxylic acids is 1. The number of para-hydroxylation sites is 1. The van der Waals surface area contributed by atoms with Crippen LogP contribution in [0.4, 0.5) is 5.69 Å². The van der Waals surface area contributed by atoms with Crippen LogP contribution in [-0.2, 0) is 24.2 Å². The van der Waals surface area contributed by atoms with Gasteiger partial charge in [0, 0.05) is 17.6 Å². The molecule has 3 aromatic rings. The lowest BCUT2D eigenvalue weighted by molar-refractivity contribution is -0.118. The highest BCUT2D eigenvalue weighted by Gasteiger charge is 2.22. The molecule has 1 aromatic heterocycles. The summed E-state index contributed by atoms with van der Waals surface area (Å²) in [5.41, 5.74) is 4.32. The molecule has 0 spiro atoms. The number of ether oxygens (including phenoxy) is 1. The van der Waals surface area contributed by atoms with Gasteiger partial charge in [0.2, 0.25) is 5.91 Å². The predicted molar refractivity (Wildman–Crippen MR) is 108 cm³/mol. The molecule has 0 saturated carbocycles. The highest BCUT2D eigenvalue weighted by atomic mass is 32.1. The molecule has 138 valence electrons. The van der Waals surface area contributed by atoms with Crippen molar-refractivity contribution in [2.75, 3.05) is 11.4 Å². The zero-order valence-corrected chi connectivity index (χ0v) is 16.2. The third kappa shape index (κ3) is 4.19. The summed E-state index contributed by atoms with van der Waals surface area (Å²) in [4.78, 5) is 19.3. The Morgan fingerprint density at radius 2 is 2.00 bits per heavy atom. The number of amides is 1. The van der Waals surface area contributed by atoms with Gasteiger partial charge in [0.25, 0.3) is 0 Å². The molecule has 0 atom stereocenters.